The maximum Gasteiger partial charge on any atom is 0.310 e. The molecule has 6 nitrogen and oxygen atoms in total. The van der Waals surface area contributed by atoms with Gasteiger partial charge in [-0.2, -0.15) is 0 Å². The molecular formula is C50H78O6. The van der Waals surface area contributed by atoms with Crippen LogP contribution in [0, 0.1) is 0 Å². The highest BCUT2D eigenvalue weighted by Crippen LogP contribution is 2.10. The highest BCUT2D eigenvalue weighted by Gasteiger charge is 2.19. The number of ether oxygens (including phenoxy) is 3. The predicted octanol–water partition coefficient (Wildman–Crippen LogP) is 14.0. The van der Waals surface area contributed by atoms with Crippen molar-refractivity contribution < 1.29 is 28.6 Å². The molecule has 1 unspecified atom stereocenters. The first kappa shape index (κ1) is 52.1. The first-order chi connectivity index (χ1) is 27.5. The van der Waals surface area contributed by atoms with Gasteiger partial charge < -0.3 is 14.2 Å². The topological polar surface area (TPSA) is 78.9 Å². The SMILES string of the molecule is CC/C=C\C/C=C\C/C=C\C/C=C\C/C=C\CC(=O)OC(COC(=O)CCCCCC/C=C\C/C=C\C/C=C\C/C=C\CC)COC(=O)CCCCCCCC. The van der Waals surface area contributed by atoms with Crippen molar-refractivity contribution in [1.82, 2.24) is 0 Å². The molecule has 0 spiro atoms. The molecule has 0 N–H and O–H groups in total. The van der Waals surface area contributed by atoms with Crippen molar-refractivity contribution in [3.05, 3.63) is 109 Å². The van der Waals surface area contributed by atoms with Gasteiger partial charge in [-0.15, -0.1) is 0 Å². The van der Waals surface area contributed by atoms with Crippen LogP contribution in [-0.2, 0) is 28.6 Å². The molecule has 56 heavy (non-hydrogen) atoms. The Morgan fingerprint density at radius 3 is 1.18 bits per heavy atom. The zero-order valence-corrected chi connectivity index (χ0v) is 35.6. The fourth-order valence-electron chi connectivity index (χ4n) is 5.33. The Hall–Kier alpha value is -3.93. The van der Waals surface area contributed by atoms with E-state index < -0.39 is 12.1 Å². The van der Waals surface area contributed by atoms with E-state index >= 15 is 0 Å². The third-order valence-electron chi connectivity index (χ3n) is 8.56. The van der Waals surface area contributed by atoms with Crippen LogP contribution in [0.1, 0.15) is 168 Å². The lowest BCUT2D eigenvalue weighted by molar-refractivity contribution is -0.166. The van der Waals surface area contributed by atoms with Crippen molar-refractivity contribution in [1.29, 1.82) is 0 Å². The predicted molar refractivity (Wildman–Crippen MR) is 237 cm³/mol. The lowest BCUT2D eigenvalue weighted by Crippen LogP contribution is -2.30. The minimum Gasteiger partial charge on any atom is -0.462 e. The van der Waals surface area contributed by atoms with Crippen molar-refractivity contribution in [3.63, 3.8) is 0 Å². The normalized spacial score (nSPS) is 13.1. The average molecular weight is 775 g/mol. The minimum atomic E-state index is -0.839. The summed E-state index contributed by atoms with van der Waals surface area (Å²) in [4.78, 5) is 37.5. The highest BCUT2D eigenvalue weighted by atomic mass is 16.6. The van der Waals surface area contributed by atoms with Crippen molar-refractivity contribution >= 4 is 17.9 Å². The van der Waals surface area contributed by atoms with Gasteiger partial charge >= 0.3 is 17.9 Å². The lowest BCUT2D eigenvalue weighted by Gasteiger charge is -2.18. The smallest absolute Gasteiger partial charge is 0.310 e. The summed E-state index contributed by atoms with van der Waals surface area (Å²) in [6, 6.07) is 0. The quantitative estimate of drug-likeness (QED) is 0.0271. The fraction of sp³-hybridized carbons (Fsp3) is 0.580. The molecule has 0 aliphatic rings. The Morgan fingerprint density at radius 2 is 0.750 bits per heavy atom. The van der Waals surface area contributed by atoms with E-state index in [1.807, 2.05) is 6.08 Å². The zero-order valence-electron chi connectivity index (χ0n) is 35.6. The van der Waals surface area contributed by atoms with Crippen molar-refractivity contribution in [3.8, 4) is 0 Å². The number of hydrogen-bond donors (Lipinski definition) is 0. The van der Waals surface area contributed by atoms with E-state index in [1.165, 1.54) is 19.3 Å². The molecule has 0 bridgehead atoms. The van der Waals surface area contributed by atoms with Gasteiger partial charge in [-0.05, 0) is 83.5 Å². The van der Waals surface area contributed by atoms with Gasteiger partial charge in [-0.3, -0.25) is 14.4 Å². The number of carbonyl (C=O) groups is 3. The molecule has 6 heteroatoms. The fourth-order valence-corrected chi connectivity index (χ4v) is 5.33. The average Bonchev–Trinajstić information content (AvgIpc) is 3.19. The van der Waals surface area contributed by atoms with Gasteiger partial charge in [0.1, 0.15) is 13.2 Å². The van der Waals surface area contributed by atoms with Crippen LogP contribution in [-0.4, -0.2) is 37.2 Å². The number of allylic oxidation sites excluding steroid dienone is 17. The van der Waals surface area contributed by atoms with Crippen LogP contribution in [0.5, 0.6) is 0 Å². The van der Waals surface area contributed by atoms with Gasteiger partial charge in [0.2, 0.25) is 0 Å². The molecule has 0 saturated heterocycles. The molecule has 0 aliphatic carbocycles. The Bertz CT molecular complexity index is 1210. The first-order valence-electron chi connectivity index (χ1n) is 21.9. The largest absolute Gasteiger partial charge is 0.462 e. The van der Waals surface area contributed by atoms with Gasteiger partial charge in [0.25, 0.3) is 0 Å². The molecule has 314 valence electrons. The molecular weight excluding hydrogens is 697 g/mol. The summed E-state index contributed by atoms with van der Waals surface area (Å²) < 4.78 is 16.5. The van der Waals surface area contributed by atoms with Crippen LogP contribution in [0.25, 0.3) is 0 Å². The Balaban J connectivity index is 4.49. The summed E-state index contributed by atoms with van der Waals surface area (Å²) in [6.45, 7) is 6.20. The van der Waals surface area contributed by atoms with Gasteiger partial charge in [0.05, 0.1) is 6.42 Å². The van der Waals surface area contributed by atoms with Crippen LogP contribution < -0.4 is 0 Å². The minimum absolute atomic E-state index is 0.0879. The van der Waals surface area contributed by atoms with E-state index in [0.717, 1.165) is 103 Å². The summed E-state index contributed by atoms with van der Waals surface area (Å²) in [6.07, 6.45) is 58.3. The highest BCUT2D eigenvalue weighted by molar-refractivity contribution is 5.72. The number of esters is 3. The first-order valence-corrected chi connectivity index (χ1v) is 21.9. The van der Waals surface area contributed by atoms with Crippen LogP contribution in [0.15, 0.2) is 109 Å². The lowest BCUT2D eigenvalue weighted by atomic mass is 10.1. The number of unbranched alkanes of at least 4 members (excludes halogenated alkanes) is 9. The van der Waals surface area contributed by atoms with Crippen molar-refractivity contribution in [2.75, 3.05) is 13.2 Å². The van der Waals surface area contributed by atoms with Crippen molar-refractivity contribution in [2.45, 2.75) is 175 Å². The second-order valence-electron chi connectivity index (χ2n) is 13.9. The molecule has 0 heterocycles. The summed E-state index contributed by atoms with van der Waals surface area (Å²) in [5, 5.41) is 0. The van der Waals surface area contributed by atoms with Crippen LogP contribution in [0.4, 0.5) is 0 Å². The van der Waals surface area contributed by atoms with E-state index in [1.54, 1.807) is 6.08 Å². The van der Waals surface area contributed by atoms with Crippen molar-refractivity contribution in [2.24, 2.45) is 0 Å². The Kier molecular flexibility index (Phi) is 40.7. The Morgan fingerprint density at radius 1 is 0.393 bits per heavy atom. The molecule has 0 aromatic rings. The molecule has 0 radical (unpaired) electrons. The summed E-state index contributed by atoms with van der Waals surface area (Å²) in [7, 11) is 0. The molecule has 0 aromatic carbocycles. The molecule has 0 aliphatic heterocycles. The molecule has 0 saturated carbocycles. The second kappa shape index (κ2) is 43.8. The maximum absolute atomic E-state index is 12.6. The van der Waals surface area contributed by atoms with E-state index in [9.17, 15) is 14.4 Å². The summed E-state index contributed by atoms with van der Waals surface area (Å²) in [5.74, 6) is -1.11. The van der Waals surface area contributed by atoms with E-state index in [2.05, 4.69) is 118 Å². The third-order valence-corrected chi connectivity index (χ3v) is 8.56. The van der Waals surface area contributed by atoms with Crippen LogP contribution in [0.3, 0.4) is 0 Å². The molecule has 1 atom stereocenters. The monoisotopic (exact) mass is 775 g/mol. The Labute approximate surface area is 342 Å². The zero-order chi connectivity index (χ0) is 40.8. The van der Waals surface area contributed by atoms with E-state index in [-0.39, 0.29) is 31.6 Å². The number of rotatable bonds is 37. The van der Waals surface area contributed by atoms with E-state index in [4.69, 9.17) is 14.2 Å². The van der Waals surface area contributed by atoms with Gasteiger partial charge in [-0.1, -0.05) is 175 Å². The molecule has 0 amide bonds. The standard InChI is InChI=1S/C50H78O6/c1-4-7-10-13-16-18-20-22-24-25-27-28-30-32-34-37-40-43-49(52)55-46-47(45-54-48(51)42-39-36-15-12-9-6-3)56-50(53)44-41-38-35-33-31-29-26-23-21-19-17-14-11-8-5-2/h7-8,10-11,16-19,22-24,26-28,31,33,38,41,47H,4-6,9,12-15,20-21,25,29-30,32,34-37,39-40,42-46H2,1-3H3/b10-7-,11-8-,18-16-,19-17-,24-22-,26-23-,28-27-,33-31-,41-38-. The number of carbonyl (C=O) groups excluding carboxylic acids is 3. The second-order valence-corrected chi connectivity index (χ2v) is 13.9. The number of hydrogen-bond acceptors (Lipinski definition) is 6. The summed E-state index contributed by atoms with van der Waals surface area (Å²) >= 11 is 0. The molecule has 0 aromatic heterocycles. The van der Waals surface area contributed by atoms with E-state index in [0.29, 0.717) is 19.3 Å². The van der Waals surface area contributed by atoms with Gasteiger partial charge in [0, 0.05) is 12.8 Å². The maximum atomic E-state index is 12.6. The third kappa shape index (κ3) is 41.2. The van der Waals surface area contributed by atoms with Crippen LogP contribution >= 0.6 is 0 Å². The van der Waals surface area contributed by atoms with Crippen LogP contribution in [0.2, 0.25) is 0 Å². The van der Waals surface area contributed by atoms with Gasteiger partial charge in [0.15, 0.2) is 6.10 Å². The summed E-state index contributed by atoms with van der Waals surface area (Å²) in [5.41, 5.74) is 0. The molecule has 0 rings (SSSR count). The van der Waals surface area contributed by atoms with Gasteiger partial charge in [-0.25, -0.2) is 0 Å². The molecule has 0 fully saturated rings.